The van der Waals surface area contributed by atoms with Crippen molar-refractivity contribution in [2.45, 2.75) is 32.6 Å². The van der Waals surface area contributed by atoms with Gasteiger partial charge in [-0.15, -0.1) is 0 Å². The van der Waals surface area contributed by atoms with Gasteiger partial charge in [0, 0.05) is 37.1 Å². The molecule has 0 radical (unpaired) electrons. The van der Waals surface area contributed by atoms with Crippen LogP contribution >= 0.6 is 0 Å². The lowest BCUT2D eigenvalue weighted by Crippen LogP contribution is -2.38. The topological polar surface area (TPSA) is 85.0 Å². The maximum Gasteiger partial charge on any atom is 0.256 e. The van der Waals surface area contributed by atoms with Gasteiger partial charge < -0.3 is 9.42 Å². The van der Waals surface area contributed by atoms with E-state index in [0.29, 0.717) is 24.6 Å². The summed E-state index contributed by atoms with van der Waals surface area (Å²) in [6.45, 7) is 5.24. The van der Waals surface area contributed by atoms with Gasteiger partial charge in [0.25, 0.3) is 5.91 Å². The van der Waals surface area contributed by atoms with E-state index in [2.05, 4.69) is 21.2 Å². The first-order chi connectivity index (χ1) is 13.1. The van der Waals surface area contributed by atoms with Crippen LogP contribution < -0.4 is 0 Å². The number of carbonyl (C=O) groups excluding carboxylic acids is 1. The average molecular weight is 363 g/mol. The second-order valence-corrected chi connectivity index (χ2v) is 6.84. The number of amides is 1. The molecule has 0 aromatic carbocycles. The zero-order valence-electron chi connectivity index (χ0n) is 15.4. The molecule has 0 aliphatic carbocycles. The summed E-state index contributed by atoms with van der Waals surface area (Å²) in [6, 6.07) is 6.08. The van der Waals surface area contributed by atoms with E-state index in [1.165, 1.54) is 6.33 Å². The predicted molar refractivity (Wildman–Crippen MR) is 99.1 cm³/mol. The van der Waals surface area contributed by atoms with Crippen LogP contribution in [0, 0.1) is 13.8 Å². The van der Waals surface area contributed by atoms with Crippen molar-refractivity contribution in [3.63, 3.8) is 0 Å². The molecule has 3 aromatic rings. The van der Waals surface area contributed by atoms with Crippen LogP contribution in [0.1, 0.15) is 46.3 Å². The first-order valence-electron chi connectivity index (χ1n) is 9.08. The zero-order chi connectivity index (χ0) is 18.8. The zero-order valence-corrected chi connectivity index (χ0v) is 15.4. The van der Waals surface area contributed by atoms with Crippen LogP contribution in [0.4, 0.5) is 0 Å². The van der Waals surface area contributed by atoms with Crippen LogP contribution in [0.2, 0.25) is 0 Å². The molecule has 1 aliphatic heterocycles. The number of hydrogen-bond donors (Lipinski definition) is 0. The molecule has 0 N–H and O–H groups in total. The quantitative estimate of drug-likeness (QED) is 0.710. The SMILES string of the molecule is Cc1noc(C)c1-c1cccc(C2CCN(C(=O)c3cncnc3)CC2)n1. The van der Waals surface area contributed by atoms with Crippen LogP contribution in [-0.4, -0.2) is 44.0 Å². The van der Waals surface area contributed by atoms with Crippen molar-refractivity contribution in [2.24, 2.45) is 0 Å². The molecular weight excluding hydrogens is 342 g/mol. The first kappa shape index (κ1) is 17.3. The molecule has 7 heteroatoms. The third-order valence-corrected chi connectivity index (χ3v) is 5.07. The second-order valence-electron chi connectivity index (χ2n) is 6.84. The minimum Gasteiger partial charge on any atom is -0.361 e. The third kappa shape index (κ3) is 3.45. The molecule has 3 aromatic heterocycles. The van der Waals surface area contributed by atoms with E-state index < -0.39 is 0 Å². The third-order valence-electron chi connectivity index (χ3n) is 5.07. The number of likely N-dealkylation sites (tertiary alicyclic amines) is 1. The highest BCUT2D eigenvalue weighted by Crippen LogP contribution is 2.31. The highest BCUT2D eigenvalue weighted by atomic mass is 16.5. The van der Waals surface area contributed by atoms with Gasteiger partial charge in [-0.2, -0.15) is 0 Å². The first-order valence-corrected chi connectivity index (χ1v) is 9.08. The number of aromatic nitrogens is 4. The van der Waals surface area contributed by atoms with Crippen LogP contribution in [0.3, 0.4) is 0 Å². The van der Waals surface area contributed by atoms with E-state index >= 15 is 0 Å². The summed E-state index contributed by atoms with van der Waals surface area (Å²) in [7, 11) is 0. The number of rotatable bonds is 3. The highest BCUT2D eigenvalue weighted by molar-refractivity contribution is 5.93. The van der Waals surface area contributed by atoms with Gasteiger partial charge >= 0.3 is 0 Å². The maximum atomic E-state index is 12.5. The van der Waals surface area contributed by atoms with E-state index in [9.17, 15) is 4.79 Å². The summed E-state index contributed by atoms with van der Waals surface area (Å²) < 4.78 is 5.27. The van der Waals surface area contributed by atoms with Crippen molar-refractivity contribution >= 4 is 5.91 Å². The normalized spacial score (nSPS) is 15.1. The van der Waals surface area contributed by atoms with Crippen LogP contribution in [0.5, 0.6) is 0 Å². The fourth-order valence-corrected chi connectivity index (χ4v) is 3.64. The van der Waals surface area contributed by atoms with Crippen molar-refractivity contribution in [1.82, 2.24) is 25.0 Å². The van der Waals surface area contributed by atoms with Gasteiger partial charge in [0.2, 0.25) is 0 Å². The maximum absolute atomic E-state index is 12.5. The molecule has 1 fully saturated rings. The Morgan fingerprint density at radius 3 is 2.56 bits per heavy atom. The van der Waals surface area contributed by atoms with E-state index in [-0.39, 0.29) is 5.91 Å². The van der Waals surface area contributed by atoms with Gasteiger partial charge in [-0.25, -0.2) is 9.97 Å². The Morgan fingerprint density at radius 1 is 1.15 bits per heavy atom. The molecule has 4 heterocycles. The number of aryl methyl sites for hydroxylation is 2. The largest absolute Gasteiger partial charge is 0.361 e. The van der Waals surface area contributed by atoms with Gasteiger partial charge in [0.05, 0.1) is 22.5 Å². The summed E-state index contributed by atoms with van der Waals surface area (Å²) in [4.78, 5) is 27.1. The summed E-state index contributed by atoms with van der Waals surface area (Å²) in [6.07, 6.45) is 6.34. The van der Waals surface area contributed by atoms with Crippen molar-refractivity contribution in [3.05, 3.63) is 59.6 Å². The number of hydrogen-bond acceptors (Lipinski definition) is 6. The van der Waals surface area contributed by atoms with Gasteiger partial charge in [-0.3, -0.25) is 9.78 Å². The minimum atomic E-state index is -0.00789. The predicted octanol–water partition coefficient (Wildman–Crippen LogP) is 3.16. The standard InChI is InChI=1S/C20H21N5O2/c1-13-19(14(2)27-24-13)18-5-3-4-17(23-18)15-6-8-25(9-7-15)20(26)16-10-21-12-22-11-16/h3-5,10-12,15H,6-9H2,1-2H3. The minimum absolute atomic E-state index is 0.00789. The average Bonchev–Trinajstić information content (AvgIpc) is 3.06. The van der Waals surface area contributed by atoms with Gasteiger partial charge in [0.1, 0.15) is 12.1 Å². The Balaban J connectivity index is 1.47. The summed E-state index contributed by atoms with van der Waals surface area (Å²) in [5.74, 6) is 1.11. The lowest BCUT2D eigenvalue weighted by molar-refractivity contribution is 0.0711. The molecule has 1 saturated heterocycles. The van der Waals surface area contributed by atoms with Crippen molar-refractivity contribution in [1.29, 1.82) is 0 Å². The fourth-order valence-electron chi connectivity index (χ4n) is 3.64. The number of carbonyl (C=O) groups is 1. The number of nitrogens with zero attached hydrogens (tertiary/aromatic N) is 5. The summed E-state index contributed by atoms with van der Waals surface area (Å²) in [5.41, 5.74) is 4.30. The van der Waals surface area contributed by atoms with E-state index in [4.69, 9.17) is 9.51 Å². The molecule has 1 amide bonds. The van der Waals surface area contributed by atoms with Crippen LogP contribution in [-0.2, 0) is 0 Å². The Kier molecular flexibility index (Phi) is 4.66. The van der Waals surface area contributed by atoms with Crippen molar-refractivity contribution in [2.75, 3.05) is 13.1 Å². The molecule has 0 unspecified atom stereocenters. The Hall–Kier alpha value is -3.09. The molecule has 0 bridgehead atoms. The number of pyridine rings is 1. The van der Waals surface area contributed by atoms with Gasteiger partial charge in [-0.1, -0.05) is 11.2 Å². The van der Waals surface area contributed by atoms with Gasteiger partial charge in [-0.05, 0) is 38.8 Å². The molecule has 4 rings (SSSR count). The lowest BCUT2D eigenvalue weighted by atomic mass is 9.92. The van der Waals surface area contributed by atoms with Crippen molar-refractivity contribution < 1.29 is 9.32 Å². The summed E-state index contributed by atoms with van der Waals surface area (Å²) in [5, 5.41) is 4.02. The highest BCUT2D eigenvalue weighted by Gasteiger charge is 2.26. The second kappa shape index (κ2) is 7.26. The van der Waals surface area contributed by atoms with Crippen LogP contribution in [0.15, 0.2) is 41.4 Å². The molecule has 1 aliphatic rings. The molecule has 7 nitrogen and oxygen atoms in total. The lowest BCUT2D eigenvalue weighted by Gasteiger charge is -2.31. The van der Waals surface area contributed by atoms with Crippen molar-refractivity contribution in [3.8, 4) is 11.3 Å². The fraction of sp³-hybridized carbons (Fsp3) is 0.350. The van der Waals surface area contributed by atoms with E-state index in [0.717, 1.165) is 41.2 Å². The monoisotopic (exact) mass is 363 g/mol. The van der Waals surface area contributed by atoms with E-state index in [1.54, 1.807) is 12.4 Å². The molecule has 27 heavy (non-hydrogen) atoms. The van der Waals surface area contributed by atoms with Gasteiger partial charge in [0.15, 0.2) is 0 Å². The van der Waals surface area contributed by atoms with E-state index in [1.807, 2.05) is 30.9 Å². The Morgan fingerprint density at radius 2 is 1.89 bits per heavy atom. The molecule has 138 valence electrons. The Labute approximate surface area is 157 Å². The smallest absolute Gasteiger partial charge is 0.256 e. The Bertz CT molecular complexity index is 927. The molecule has 0 spiro atoms. The molecular formula is C20H21N5O2. The number of piperidine rings is 1. The molecule has 0 atom stereocenters. The molecule has 0 saturated carbocycles. The van der Waals surface area contributed by atoms with Crippen LogP contribution in [0.25, 0.3) is 11.3 Å². The summed E-state index contributed by atoms with van der Waals surface area (Å²) >= 11 is 0.